The number of benzene rings is 1. The third kappa shape index (κ3) is 5.23. The van der Waals surface area contributed by atoms with Crippen molar-refractivity contribution in [2.75, 3.05) is 38.6 Å². The van der Waals surface area contributed by atoms with Gasteiger partial charge in [0.1, 0.15) is 0 Å². The molecule has 3 rings (SSSR count). The second-order valence-corrected chi connectivity index (χ2v) is 12.0. The summed E-state index contributed by atoms with van der Waals surface area (Å²) < 4.78 is 43.5. The van der Waals surface area contributed by atoms with E-state index in [9.17, 15) is 8.42 Å². The van der Waals surface area contributed by atoms with Gasteiger partial charge in [0.15, 0.2) is 9.84 Å². The van der Waals surface area contributed by atoms with Gasteiger partial charge in [0.25, 0.3) is 0 Å². The van der Waals surface area contributed by atoms with Crippen molar-refractivity contribution in [2.24, 2.45) is 5.41 Å². The van der Waals surface area contributed by atoms with E-state index in [2.05, 4.69) is 4.90 Å². The summed E-state index contributed by atoms with van der Waals surface area (Å²) >= 11 is 0. The third-order valence-electron chi connectivity index (χ3n) is 6.10. The summed E-state index contributed by atoms with van der Waals surface area (Å²) in [6.07, 6.45) is 0. The predicted molar refractivity (Wildman–Crippen MR) is 115 cm³/mol. The Labute approximate surface area is 176 Å². The molecule has 2 saturated heterocycles. The molecule has 0 atom stereocenters. The van der Waals surface area contributed by atoms with E-state index in [0.717, 1.165) is 25.1 Å². The molecule has 2 heterocycles. The van der Waals surface area contributed by atoms with Gasteiger partial charge in [-0.25, -0.2) is 8.42 Å². The summed E-state index contributed by atoms with van der Waals surface area (Å²) in [5.74, 6) is 0.104. The average Bonchev–Trinajstić information content (AvgIpc) is 2.82. The lowest BCUT2D eigenvalue weighted by molar-refractivity contribution is 0.00578. The fraction of sp³-hybridized carbons (Fsp3) is 0.714. The molecule has 0 aliphatic carbocycles. The highest BCUT2D eigenvalue weighted by Crippen LogP contribution is 2.36. The van der Waals surface area contributed by atoms with E-state index in [1.807, 2.05) is 41.5 Å². The van der Waals surface area contributed by atoms with Crippen molar-refractivity contribution in [3.8, 4) is 0 Å². The van der Waals surface area contributed by atoms with Crippen LogP contribution in [0, 0.1) is 5.41 Å². The lowest BCUT2D eigenvalue weighted by Crippen LogP contribution is -2.44. The van der Waals surface area contributed by atoms with Crippen LogP contribution in [0.25, 0.3) is 0 Å². The Kier molecular flexibility index (Phi) is 6.25. The topological polar surface area (TPSA) is 65.1 Å². The Morgan fingerprint density at radius 3 is 2.03 bits per heavy atom. The van der Waals surface area contributed by atoms with Crippen molar-refractivity contribution in [1.29, 1.82) is 0 Å². The van der Waals surface area contributed by atoms with Gasteiger partial charge in [-0.3, -0.25) is 4.90 Å². The second kappa shape index (κ2) is 7.96. The van der Waals surface area contributed by atoms with Crippen LogP contribution in [0.4, 0.5) is 0 Å². The summed E-state index contributed by atoms with van der Waals surface area (Å²) in [4.78, 5) is 2.62. The van der Waals surface area contributed by atoms with Crippen LogP contribution in [0.5, 0.6) is 0 Å². The maximum atomic E-state index is 13.0. The van der Waals surface area contributed by atoms with Crippen molar-refractivity contribution < 1.29 is 22.5 Å². The van der Waals surface area contributed by atoms with Gasteiger partial charge in [0, 0.05) is 19.6 Å². The highest BCUT2D eigenvalue weighted by Gasteiger charge is 2.51. The number of hydrogen-bond acceptors (Lipinski definition) is 6. The first-order chi connectivity index (χ1) is 13.3. The van der Waals surface area contributed by atoms with Crippen molar-refractivity contribution in [3.63, 3.8) is 0 Å². The van der Waals surface area contributed by atoms with Gasteiger partial charge in [-0.15, -0.1) is 0 Å². The first-order valence-corrected chi connectivity index (χ1v) is 12.0. The van der Waals surface area contributed by atoms with Crippen LogP contribution >= 0.6 is 0 Å². The molecule has 6 nitrogen and oxygen atoms in total. The monoisotopic (exact) mass is 423 g/mol. The molecule has 0 radical (unpaired) electrons. The van der Waals surface area contributed by atoms with Crippen LogP contribution in [0.1, 0.15) is 41.5 Å². The van der Waals surface area contributed by atoms with Crippen LogP contribution in [0.15, 0.2) is 29.2 Å². The van der Waals surface area contributed by atoms with Crippen LogP contribution in [-0.4, -0.2) is 70.2 Å². The van der Waals surface area contributed by atoms with Crippen molar-refractivity contribution in [2.45, 2.75) is 57.6 Å². The number of ether oxygens (including phenoxy) is 1. The van der Waals surface area contributed by atoms with Crippen LogP contribution in [0.2, 0.25) is 0 Å². The standard InChI is InChI=1S/C21H34BNO5S/c1-19(2,15-23-11-13-26-14-12-23)16-29(24,25)18-9-7-17(8-10-18)22-27-20(3,4)21(5,6)28-22/h7-10H,11-16H2,1-6H3. The van der Waals surface area contributed by atoms with Gasteiger partial charge in [0.2, 0.25) is 0 Å². The molecular formula is C21H34BNO5S. The molecule has 0 unspecified atom stereocenters. The minimum atomic E-state index is -3.39. The van der Waals surface area contributed by atoms with E-state index < -0.39 is 28.2 Å². The van der Waals surface area contributed by atoms with Crippen LogP contribution < -0.4 is 5.46 Å². The van der Waals surface area contributed by atoms with Gasteiger partial charge in [0.05, 0.1) is 35.1 Å². The average molecular weight is 423 g/mol. The molecule has 2 aliphatic heterocycles. The highest BCUT2D eigenvalue weighted by molar-refractivity contribution is 7.91. The molecule has 2 aliphatic rings. The smallest absolute Gasteiger partial charge is 0.399 e. The maximum Gasteiger partial charge on any atom is 0.494 e. The molecule has 1 aromatic rings. The SMILES string of the molecule is CC(C)(CN1CCOCC1)CS(=O)(=O)c1ccc(B2OC(C)(C)C(C)(C)O2)cc1. The number of nitrogens with zero attached hydrogens (tertiary/aromatic N) is 1. The second-order valence-electron chi connectivity index (χ2n) is 9.97. The Morgan fingerprint density at radius 1 is 1.00 bits per heavy atom. The third-order valence-corrected chi connectivity index (χ3v) is 8.25. The number of rotatable bonds is 6. The van der Waals surface area contributed by atoms with E-state index in [0.29, 0.717) is 18.1 Å². The molecule has 1 aromatic carbocycles. The molecule has 0 spiro atoms. The van der Waals surface area contributed by atoms with Crippen molar-refractivity contribution in [3.05, 3.63) is 24.3 Å². The fourth-order valence-corrected chi connectivity index (χ4v) is 5.66. The van der Waals surface area contributed by atoms with Gasteiger partial charge >= 0.3 is 7.12 Å². The van der Waals surface area contributed by atoms with E-state index in [1.54, 1.807) is 24.3 Å². The summed E-state index contributed by atoms with van der Waals surface area (Å²) in [6, 6.07) is 6.93. The first kappa shape index (κ1) is 22.8. The number of sulfone groups is 1. The zero-order valence-corrected chi connectivity index (χ0v) is 19.3. The van der Waals surface area contributed by atoms with E-state index >= 15 is 0 Å². The summed E-state index contributed by atoms with van der Waals surface area (Å²) in [5, 5.41) is 0. The Morgan fingerprint density at radius 2 is 1.52 bits per heavy atom. The van der Waals surface area contributed by atoms with E-state index in [-0.39, 0.29) is 11.2 Å². The Hall–Kier alpha value is -0.925. The molecule has 0 aromatic heterocycles. The van der Waals surface area contributed by atoms with E-state index in [1.165, 1.54) is 0 Å². The zero-order valence-electron chi connectivity index (χ0n) is 18.5. The van der Waals surface area contributed by atoms with Gasteiger partial charge < -0.3 is 14.0 Å². The molecule has 0 bridgehead atoms. The Balaban J connectivity index is 1.68. The molecule has 29 heavy (non-hydrogen) atoms. The van der Waals surface area contributed by atoms with Gasteiger partial charge in [-0.05, 0) is 50.7 Å². The zero-order chi connectivity index (χ0) is 21.5. The summed E-state index contributed by atoms with van der Waals surface area (Å²) in [7, 11) is -3.89. The molecule has 162 valence electrons. The minimum Gasteiger partial charge on any atom is -0.399 e. The van der Waals surface area contributed by atoms with E-state index in [4.69, 9.17) is 14.0 Å². The van der Waals surface area contributed by atoms with Gasteiger partial charge in [-0.1, -0.05) is 26.0 Å². The molecule has 0 amide bonds. The van der Waals surface area contributed by atoms with Crippen molar-refractivity contribution >= 4 is 22.4 Å². The predicted octanol–water partition coefficient (Wildman–Crippen LogP) is 2.12. The molecule has 0 saturated carbocycles. The van der Waals surface area contributed by atoms with Gasteiger partial charge in [-0.2, -0.15) is 0 Å². The summed E-state index contributed by atoms with van der Waals surface area (Å²) in [5.41, 5.74) is -0.367. The quantitative estimate of drug-likeness (QED) is 0.654. The Bertz CT molecular complexity index is 798. The largest absolute Gasteiger partial charge is 0.494 e. The normalized spacial score (nSPS) is 22.8. The fourth-order valence-electron chi connectivity index (χ4n) is 3.82. The lowest BCUT2D eigenvalue weighted by atomic mass is 9.79. The number of morpholine rings is 1. The molecule has 0 N–H and O–H groups in total. The first-order valence-electron chi connectivity index (χ1n) is 10.3. The minimum absolute atomic E-state index is 0.104. The molecule has 8 heteroatoms. The molecule has 2 fully saturated rings. The van der Waals surface area contributed by atoms with Crippen LogP contribution in [0.3, 0.4) is 0 Å². The maximum absolute atomic E-state index is 13.0. The lowest BCUT2D eigenvalue weighted by Gasteiger charge is -2.34. The molecular weight excluding hydrogens is 389 g/mol. The highest BCUT2D eigenvalue weighted by atomic mass is 32.2. The van der Waals surface area contributed by atoms with Crippen LogP contribution in [-0.2, 0) is 23.9 Å². The van der Waals surface area contributed by atoms with Crippen molar-refractivity contribution in [1.82, 2.24) is 4.90 Å². The number of hydrogen-bond donors (Lipinski definition) is 0. The summed E-state index contributed by atoms with van der Waals surface area (Å²) in [6.45, 7) is 15.9.